The third kappa shape index (κ3) is 5.06. The van der Waals surface area contributed by atoms with Gasteiger partial charge in [-0.1, -0.05) is 54.1 Å². The minimum absolute atomic E-state index is 0.0898. The van der Waals surface area contributed by atoms with Crippen molar-refractivity contribution in [2.75, 3.05) is 39.3 Å². The highest BCUT2D eigenvalue weighted by Gasteiger charge is 2.19. The molecule has 5 nitrogen and oxygen atoms in total. The summed E-state index contributed by atoms with van der Waals surface area (Å²) in [6.45, 7) is 6.52. The van der Waals surface area contributed by atoms with Gasteiger partial charge in [-0.05, 0) is 23.8 Å². The van der Waals surface area contributed by atoms with Gasteiger partial charge in [-0.3, -0.25) is 9.80 Å². The number of aliphatic hydroxyl groups excluding tert-OH is 1. The van der Waals surface area contributed by atoms with Crippen LogP contribution in [0, 0.1) is 0 Å². The molecule has 3 aromatic rings. The van der Waals surface area contributed by atoms with Crippen LogP contribution in [0.25, 0.3) is 17.1 Å². The van der Waals surface area contributed by atoms with Gasteiger partial charge < -0.3 is 9.67 Å². The average molecular weight is 411 g/mol. The minimum atomic E-state index is 0.0898. The molecule has 0 spiro atoms. The number of hydrogen-bond donors (Lipinski definition) is 1. The van der Waals surface area contributed by atoms with Crippen LogP contribution >= 0.6 is 11.6 Å². The van der Waals surface area contributed by atoms with Crippen LogP contribution in [0.2, 0.25) is 5.02 Å². The van der Waals surface area contributed by atoms with E-state index in [4.69, 9.17) is 16.6 Å². The second-order valence-electron chi connectivity index (χ2n) is 7.43. The fourth-order valence-corrected chi connectivity index (χ4v) is 4.01. The zero-order chi connectivity index (χ0) is 20.1. The molecule has 0 unspecified atom stereocenters. The number of nitrogens with zero attached hydrogens (tertiary/aromatic N) is 4. The third-order valence-corrected chi connectivity index (χ3v) is 5.65. The Hall–Kier alpha value is -2.18. The van der Waals surface area contributed by atoms with Crippen molar-refractivity contribution in [2.45, 2.75) is 13.1 Å². The molecule has 2 heterocycles. The lowest BCUT2D eigenvalue weighted by Crippen LogP contribution is -2.46. The Morgan fingerprint density at radius 2 is 1.76 bits per heavy atom. The normalized spacial score (nSPS) is 16.2. The van der Waals surface area contributed by atoms with Crippen molar-refractivity contribution in [1.29, 1.82) is 0 Å². The van der Waals surface area contributed by atoms with Gasteiger partial charge in [-0.2, -0.15) is 0 Å². The van der Waals surface area contributed by atoms with Gasteiger partial charge in [0.15, 0.2) is 0 Å². The van der Waals surface area contributed by atoms with E-state index < -0.39 is 0 Å². The van der Waals surface area contributed by atoms with Crippen molar-refractivity contribution in [1.82, 2.24) is 19.4 Å². The Kier molecular flexibility index (Phi) is 6.62. The average Bonchev–Trinajstić information content (AvgIpc) is 3.07. The largest absolute Gasteiger partial charge is 0.395 e. The molecule has 1 aliphatic heterocycles. The van der Waals surface area contributed by atoms with Crippen LogP contribution in [-0.4, -0.2) is 63.8 Å². The monoisotopic (exact) mass is 410 g/mol. The minimum Gasteiger partial charge on any atom is -0.395 e. The first-order chi connectivity index (χ1) is 14.2. The summed E-state index contributed by atoms with van der Waals surface area (Å²) in [7, 11) is 0. The van der Waals surface area contributed by atoms with Gasteiger partial charge in [-0.15, -0.1) is 0 Å². The zero-order valence-corrected chi connectivity index (χ0v) is 17.3. The Morgan fingerprint density at radius 3 is 2.52 bits per heavy atom. The van der Waals surface area contributed by atoms with E-state index in [9.17, 15) is 5.11 Å². The molecule has 0 radical (unpaired) electrons. The molecule has 0 aliphatic carbocycles. The highest BCUT2D eigenvalue weighted by molar-refractivity contribution is 6.31. The SMILES string of the molecule is OCCn1c(CN2CCN(C/C=C/c3ccccc3)CC2)nc2ccc(Cl)cc21. The maximum Gasteiger partial charge on any atom is 0.124 e. The predicted octanol–water partition coefficient (Wildman–Crippen LogP) is 3.51. The van der Waals surface area contributed by atoms with Crippen molar-refractivity contribution in [3.63, 3.8) is 0 Å². The van der Waals surface area contributed by atoms with Crippen LogP contribution in [0.15, 0.2) is 54.6 Å². The number of fused-ring (bicyclic) bond motifs is 1. The molecule has 29 heavy (non-hydrogen) atoms. The van der Waals surface area contributed by atoms with E-state index in [1.807, 2.05) is 24.3 Å². The van der Waals surface area contributed by atoms with Crippen molar-refractivity contribution in [3.8, 4) is 0 Å². The van der Waals surface area contributed by atoms with Crippen LogP contribution in [-0.2, 0) is 13.1 Å². The molecule has 4 rings (SSSR count). The van der Waals surface area contributed by atoms with Crippen LogP contribution in [0.4, 0.5) is 0 Å². The zero-order valence-electron chi connectivity index (χ0n) is 16.5. The molecule has 1 aliphatic rings. The second-order valence-corrected chi connectivity index (χ2v) is 7.86. The molecule has 2 aromatic carbocycles. The molecule has 1 aromatic heterocycles. The maximum atomic E-state index is 9.49. The molecule has 0 saturated carbocycles. The quantitative estimate of drug-likeness (QED) is 0.647. The fourth-order valence-electron chi connectivity index (χ4n) is 3.85. The summed E-state index contributed by atoms with van der Waals surface area (Å²) in [6.07, 6.45) is 4.43. The van der Waals surface area contributed by atoms with E-state index >= 15 is 0 Å². The van der Waals surface area contributed by atoms with E-state index in [1.165, 1.54) is 5.56 Å². The standard InChI is InChI=1S/C23H27ClN4O/c24-20-8-9-21-22(17-20)28(15-16-29)23(25-21)18-27-13-11-26(12-14-27)10-4-7-19-5-2-1-3-6-19/h1-9,17,29H,10-16,18H2/b7-4+. The number of imidazole rings is 1. The summed E-state index contributed by atoms with van der Waals surface area (Å²) in [4.78, 5) is 9.71. The number of aromatic nitrogens is 2. The summed E-state index contributed by atoms with van der Waals surface area (Å²) in [5.41, 5.74) is 3.17. The maximum absolute atomic E-state index is 9.49. The molecule has 0 atom stereocenters. The predicted molar refractivity (Wildman–Crippen MR) is 119 cm³/mol. The molecule has 0 amide bonds. The van der Waals surface area contributed by atoms with Gasteiger partial charge >= 0.3 is 0 Å². The van der Waals surface area contributed by atoms with Gasteiger partial charge in [0.2, 0.25) is 0 Å². The van der Waals surface area contributed by atoms with Gasteiger partial charge in [0, 0.05) is 44.3 Å². The van der Waals surface area contributed by atoms with Gasteiger partial charge in [0.25, 0.3) is 0 Å². The Balaban J connectivity index is 1.35. The van der Waals surface area contributed by atoms with Gasteiger partial charge in [0.05, 0.1) is 24.2 Å². The number of rotatable bonds is 7. The number of piperazine rings is 1. The molecule has 152 valence electrons. The lowest BCUT2D eigenvalue weighted by Gasteiger charge is -2.33. The molecular weight excluding hydrogens is 384 g/mol. The van der Waals surface area contributed by atoms with Crippen molar-refractivity contribution in [2.24, 2.45) is 0 Å². The lowest BCUT2D eigenvalue weighted by molar-refractivity contribution is 0.133. The summed E-state index contributed by atoms with van der Waals surface area (Å²) in [5, 5.41) is 10.2. The first-order valence-corrected chi connectivity index (χ1v) is 10.5. The van der Waals surface area contributed by atoms with Gasteiger partial charge in [0.1, 0.15) is 5.82 Å². The number of benzene rings is 2. The number of aliphatic hydroxyl groups is 1. The van der Waals surface area contributed by atoms with Gasteiger partial charge in [-0.25, -0.2) is 4.98 Å². The van der Waals surface area contributed by atoms with E-state index in [0.29, 0.717) is 11.6 Å². The molecule has 1 saturated heterocycles. The molecular formula is C23H27ClN4O. The number of halogens is 1. The van der Waals surface area contributed by atoms with Crippen molar-refractivity contribution >= 4 is 28.7 Å². The molecule has 1 fully saturated rings. The molecule has 1 N–H and O–H groups in total. The second kappa shape index (κ2) is 9.55. The Morgan fingerprint density at radius 1 is 1.00 bits per heavy atom. The lowest BCUT2D eigenvalue weighted by atomic mass is 10.2. The van der Waals surface area contributed by atoms with Crippen LogP contribution < -0.4 is 0 Å². The van der Waals surface area contributed by atoms with Crippen LogP contribution in [0.1, 0.15) is 11.4 Å². The molecule has 6 heteroatoms. The first-order valence-electron chi connectivity index (χ1n) is 10.1. The Bertz CT molecular complexity index is 962. The van der Waals surface area contributed by atoms with E-state index in [-0.39, 0.29) is 6.61 Å². The summed E-state index contributed by atoms with van der Waals surface area (Å²) in [5.74, 6) is 0.994. The fraction of sp³-hybridized carbons (Fsp3) is 0.348. The first kappa shape index (κ1) is 20.1. The summed E-state index contributed by atoms with van der Waals surface area (Å²) >= 11 is 6.16. The highest BCUT2D eigenvalue weighted by atomic mass is 35.5. The van der Waals surface area contributed by atoms with E-state index in [0.717, 1.165) is 56.1 Å². The van der Waals surface area contributed by atoms with Crippen molar-refractivity contribution < 1.29 is 5.11 Å². The molecule has 0 bridgehead atoms. The van der Waals surface area contributed by atoms with E-state index in [1.54, 1.807) is 0 Å². The smallest absolute Gasteiger partial charge is 0.124 e. The van der Waals surface area contributed by atoms with Crippen molar-refractivity contribution in [3.05, 3.63) is 71.0 Å². The summed E-state index contributed by atoms with van der Waals surface area (Å²) in [6, 6.07) is 16.2. The summed E-state index contributed by atoms with van der Waals surface area (Å²) < 4.78 is 2.09. The van der Waals surface area contributed by atoms with Crippen LogP contribution in [0.5, 0.6) is 0 Å². The Labute approximate surface area is 176 Å². The van der Waals surface area contributed by atoms with Crippen LogP contribution in [0.3, 0.4) is 0 Å². The number of hydrogen-bond acceptors (Lipinski definition) is 4. The topological polar surface area (TPSA) is 44.5 Å². The third-order valence-electron chi connectivity index (χ3n) is 5.42. The van der Waals surface area contributed by atoms with E-state index in [2.05, 4.69) is 50.8 Å². The highest BCUT2D eigenvalue weighted by Crippen LogP contribution is 2.22.